The summed E-state index contributed by atoms with van der Waals surface area (Å²) >= 11 is 10.4. The first-order valence-electron chi connectivity index (χ1n) is 2.10. The largest absolute Gasteiger partial charge is 0.296 e. The molecule has 0 saturated carbocycles. The maximum atomic E-state index is 10.4. The van der Waals surface area contributed by atoms with Crippen LogP contribution in [0.2, 0.25) is 0 Å². The van der Waals surface area contributed by atoms with Crippen molar-refractivity contribution < 1.29 is 4.79 Å². The zero-order chi connectivity index (χ0) is 6.57. The number of ketones is 1. The Bertz CT molecular complexity index is 98.6. The summed E-state index contributed by atoms with van der Waals surface area (Å²) in [5.41, 5.74) is 0. The highest BCUT2D eigenvalue weighted by molar-refractivity contribution is 6.53. The number of carbonyl (C=O) groups is 1. The van der Waals surface area contributed by atoms with E-state index in [2.05, 4.69) is 6.58 Å². The fraction of sp³-hybridized carbons (Fsp3) is 0.400. The topological polar surface area (TPSA) is 17.1 Å². The summed E-state index contributed by atoms with van der Waals surface area (Å²) in [6.45, 7) is 3.34. The normalized spacial score (nSPS) is 9.38. The number of alkyl halides is 2. The van der Waals surface area contributed by atoms with Crippen LogP contribution in [0.25, 0.3) is 0 Å². The molecule has 0 aromatic carbocycles. The van der Waals surface area contributed by atoms with Gasteiger partial charge in [-0.05, 0) is 0 Å². The summed E-state index contributed by atoms with van der Waals surface area (Å²) in [5, 5.41) is 0. The molecule has 0 aliphatic heterocycles. The highest BCUT2D eigenvalue weighted by atomic mass is 35.5. The molecule has 0 N–H and O–H groups in total. The van der Waals surface area contributed by atoms with Crippen LogP contribution in [0.1, 0.15) is 6.42 Å². The molecule has 0 aliphatic rings. The van der Waals surface area contributed by atoms with Gasteiger partial charge in [0.05, 0.1) is 0 Å². The van der Waals surface area contributed by atoms with E-state index in [1.165, 1.54) is 6.08 Å². The van der Waals surface area contributed by atoms with E-state index in [1.807, 2.05) is 0 Å². The lowest BCUT2D eigenvalue weighted by molar-refractivity contribution is -0.116. The molecule has 46 valence electrons. The Morgan fingerprint density at radius 2 is 2.25 bits per heavy atom. The third kappa shape index (κ3) is 3.05. The summed E-state index contributed by atoms with van der Waals surface area (Å²) in [7, 11) is 0. The number of hydrogen-bond acceptors (Lipinski definition) is 1. The first-order chi connectivity index (χ1) is 3.68. The van der Waals surface area contributed by atoms with Gasteiger partial charge in [-0.2, -0.15) is 0 Å². The van der Waals surface area contributed by atoms with Crippen molar-refractivity contribution in [3.8, 4) is 0 Å². The van der Waals surface area contributed by atoms with Crippen molar-refractivity contribution in [2.24, 2.45) is 0 Å². The van der Waals surface area contributed by atoms with Crippen molar-refractivity contribution in [1.82, 2.24) is 0 Å². The summed E-state index contributed by atoms with van der Waals surface area (Å²) in [6.07, 6.45) is 1.72. The molecule has 0 saturated heterocycles. The smallest absolute Gasteiger partial charge is 0.169 e. The van der Waals surface area contributed by atoms with Crippen LogP contribution in [-0.2, 0) is 4.79 Å². The second-order valence-electron chi connectivity index (χ2n) is 1.26. The van der Waals surface area contributed by atoms with Crippen molar-refractivity contribution >= 4 is 29.0 Å². The first kappa shape index (κ1) is 7.99. The molecule has 0 heterocycles. The van der Waals surface area contributed by atoms with Gasteiger partial charge in [0.1, 0.15) is 0 Å². The Morgan fingerprint density at radius 1 is 1.75 bits per heavy atom. The van der Waals surface area contributed by atoms with Gasteiger partial charge in [-0.1, -0.05) is 29.3 Å². The van der Waals surface area contributed by atoms with Crippen molar-refractivity contribution in [2.75, 3.05) is 0 Å². The van der Waals surface area contributed by atoms with Crippen molar-refractivity contribution in [2.45, 2.75) is 11.3 Å². The lowest BCUT2D eigenvalue weighted by atomic mass is 10.3. The summed E-state index contributed by atoms with van der Waals surface area (Å²) in [4.78, 5) is 9.51. The molecule has 0 radical (unpaired) electrons. The molecular formula is C5H6Cl2O. The minimum absolute atomic E-state index is 0.205. The molecule has 0 amide bonds. The average molecular weight is 153 g/mol. The highest BCUT2D eigenvalue weighted by Gasteiger charge is 2.07. The van der Waals surface area contributed by atoms with Gasteiger partial charge in [-0.3, -0.25) is 4.79 Å². The lowest BCUT2D eigenvalue weighted by Crippen LogP contribution is -2.04. The predicted octanol–water partition coefficient (Wildman–Crippen LogP) is 1.94. The van der Waals surface area contributed by atoms with E-state index < -0.39 is 4.84 Å². The first-order valence-corrected chi connectivity index (χ1v) is 2.97. The Kier molecular flexibility index (Phi) is 3.92. The van der Waals surface area contributed by atoms with Crippen LogP contribution < -0.4 is 0 Å². The second-order valence-corrected chi connectivity index (χ2v) is 2.36. The van der Waals surface area contributed by atoms with E-state index in [4.69, 9.17) is 23.2 Å². The van der Waals surface area contributed by atoms with Crippen LogP contribution in [0.3, 0.4) is 0 Å². The van der Waals surface area contributed by atoms with Gasteiger partial charge < -0.3 is 0 Å². The van der Waals surface area contributed by atoms with E-state index in [9.17, 15) is 4.79 Å². The number of halogens is 2. The van der Waals surface area contributed by atoms with E-state index in [0.717, 1.165) is 0 Å². The van der Waals surface area contributed by atoms with Gasteiger partial charge in [-0.15, -0.1) is 6.58 Å². The number of hydrogen-bond donors (Lipinski definition) is 0. The van der Waals surface area contributed by atoms with E-state index in [1.54, 1.807) is 0 Å². The quantitative estimate of drug-likeness (QED) is 0.447. The third-order valence-corrected chi connectivity index (χ3v) is 1.08. The van der Waals surface area contributed by atoms with Gasteiger partial charge in [0.2, 0.25) is 0 Å². The molecule has 0 aliphatic carbocycles. The van der Waals surface area contributed by atoms with Gasteiger partial charge in [-0.25, -0.2) is 0 Å². The fourth-order valence-electron chi connectivity index (χ4n) is 0.231. The van der Waals surface area contributed by atoms with Gasteiger partial charge in [0.25, 0.3) is 0 Å². The van der Waals surface area contributed by atoms with Crippen LogP contribution in [0.15, 0.2) is 12.7 Å². The van der Waals surface area contributed by atoms with Crippen LogP contribution in [-0.4, -0.2) is 10.6 Å². The lowest BCUT2D eigenvalue weighted by Gasteiger charge is -1.92. The van der Waals surface area contributed by atoms with Crippen LogP contribution in [0.5, 0.6) is 0 Å². The Balaban J connectivity index is 3.48. The summed E-state index contributed by atoms with van der Waals surface area (Å²) in [5.74, 6) is -0.205. The highest BCUT2D eigenvalue weighted by Crippen LogP contribution is 2.04. The van der Waals surface area contributed by atoms with E-state index in [-0.39, 0.29) is 12.2 Å². The number of Topliss-reactive ketones (excluding diaryl/α,β-unsaturated/α-hetero) is 1. The summed E-state index contributed by atoms with van der Waals surface area (Å²) in [6, 6.07) is 0. The molecule has 0 rings (SSSR count). The molecule has 0 unspecified atom stereocenters. The van der Waals surface area contributed by atoms with Crippen molar-refractivity contribution in [3.05, 3.63) is 12.7 Å². The molecule has 8 heavy (non-hydrogen) atoms. The monoisotopic (exact) mass is 152 g/mol. The minimum Gasteiger partial charge on any atom is -0.296 e. The average Bonchev–Trinajstić information content (AvgIpc) is 1.67. The Hall–Kier alpha value is -0.0100. The molecule has 0 atom stereocenters. The van der Waals surface area contributed by atoms with Gasteiger partial charge in [0.15, 0.2) is 10.6 Å². The minimum atomic E-state index is -0.895. The van der Waals surface area contributed by atoms with E-state index >= 15 is 0 Å². The fourth-order valence-corrected chi connectivity index (χ4v) is 0.410. The third-order valence-electron chi connectivity index (χ3n) is 0.589. The van der Waals surface area contributed by atoms with Crippen LogP contribution >= 0.6 is 23.2 Å². The van der Waals surface area contributed by atoms with Crippen LogP contribution in [0, 0.1) is 0 Å². The number of allylic oxidation sites excluding steroid dienone is 1. The number of carbonyl (C=O) groups excluding carboxylic acids is 1. The zero-order valence-electron chi connectivity index (χ0n) is 4.23. The molecular weight excluding hydrogens is 147 g/mol. The predicted molar refractivity (Wildman–Crippen MR) is 35.3 cm³/mol. The molecule has 0 bridgehead atoms. The molecule has 0 aromatic rings. The number of rotatable bonds is 3. The zero-order valence-corrected chi connectivity index (χ0v) is 5.74. The van der Waals surface area contributed by atoms with Crippen molar-refractivity contribution in [1.29, 1.82) is 0 Å². The van der Waals surface area contributed by atoms with Gasteiger partial charge >= 0.3 is 0 Å². The SMILES string of the molecule is C=CCC(=O)C(Cl)Cl. The molecule has 3 heteroatoms. The maximum Gasteiger partial charge on any atom is 0.169 e. The second kappa shape index (κ2) is 3.93. The van der Waals surface area contributed by atoms with E-state index in [0.29, 0.717) is 0 Å². The maximum absolute atomic E-state index is 10.4. The summed E-state index contributed by atoms with van der Waals surface area (Å²) < 4.78 is 0. The molecule has 1 nitrogen and oxygen atoms in total. The van der Waals surface area contributed by atoms with Crippen molar-refractivity contribution in [3.63, 3.8) is 0 Å². The molecule has 0 spiro atoms. The Morgan fingerprint density at radius 3 is 2.38 bits per heavy atom. The van der Waals surface area contributed by atoms with Crippen LogP contribution in [0.4, 0.5) is 0 Å². The Labute approximate surface area is 58.3 Å². The molecule has 0 fully saturated rings. The standard InChI is InChI=1S/C5H6Cl2O/c1-2-3-4(8)5(6)7/h2,5H,1,3H2. The van der Waals surface area contributed by atoms with Gasteiger partial charge in [0, 0.05) is 6.42 Å². The molecule has 0 aromatic heterocycles.